The van der Waals surface area contributed by atoms with Crippen molar-refractivity contribution in [2.45, 2.75) is 27.7 Å². The van der Waals surface area contributed by atoms with Crippen molar-refractivity contribution in [2.75, 3.05) is 25.1 Å². The summed E-state index contributed by atoms with van der Waals surface area (Å²) in [4.78, 5) is 2.20. The van der Waals surface area contributed by atoms with E-state index in [-0.39, 0.29) is 0 Å². The molecule has 0 aliphatic carbocycles. The van der Waals surface area contributed by atoms with E-state index in [4.69, 9.17) is 4.74 Å². The van der Waals surface area contributed by atoms with Gasteiger partial charge < -0.3 is 15.0 Å². The predicted octanol–water partition coefficient (Wildman–Crippen LogP) is 6.17. The zero-order chi connectivity index (χ0) is 22.0. The zero-order valence-corrected chi connectivity index (χ0v) is 18.9. The minimum atomic E-state index is 0.633. The molecule has 0 saturated heterocycles. The molecular weight excluding hydrogens is 368 g/mol. The quantitative estimate of drug-likeness (QED) is 0.601. The molecule has 0 atom stereocenters. The van der Waals surface area contributed by atoms with Crippen LogP contribution in [-0.2, 0) is 0 Å². The third-order valence-electron chi connectivity index (χ3n) is 5.73. The molecule has 0 saturated carbocycles. The highest BCUT2D eigenvalue weighted by atomic mass is 16.5. The molecule has 0 bridgehead atoms. The number of hydrogen-bond acceptors (Lipinski definition) is 3. The number of fused-ring (bicyclic) bond motifs is 1. The van der Waals surface area contributed by atoms with Gasteiger partial charge in [0.1, 0.15) is 5.75 Å². The van der Waals surface area contributed by atoms with Crippen molar-refractivity contribution >= 4 is 16.8 Å². The first-order valence-electron chi connectivity index (χ1n) is 10.3. The van der Waals surface area contributed by atoms with Gasteiger partial charge in [-0.3, -0.25) is 0 Å². The molecule has 0 fully saturated rings. The van der Waals surface area contributed by atoms with Crippen molar-refractivity contribution in [3.63, 3.8) is 0 Å². The fraction of sp³-hybridized carbons (Fsp3) is 0.259. The van der Waals surface area contributed by atoms with Crippen molar-refractivity contribution < 1.29 is 4.74 Å². The minimum absolute atomic E-state index is 0.633. The molecule has 1 heterocycles. The average Bonchev–Trinajstić information content (AvgIpc) is 2.72. The summed E-state index contributed by atoms with van der Waals surface area (Å²) in [6, 6.07) is 10.7. The molecule has 2 aromatic rings. The first-order valence-corrected chi connectivity index (χ1v) is 10.3. The van der Waals surface area contributed by atoms with E-state index in [0.29, 0.717) is 13.2 Å². The number of likely N-dealkylation sites (N-methyl/N-ethyl adjacent to an activating group) is 1. The molecule has 1 aliphatic heterocycles. The number of hydrogen-bond donors (Lipinski definition) is 1. The summed E-state index contributed by atoms with van der Waals surface area (Å²) >= 11 is 0. The van der Waals surface area contributed by atoms with Gasteiger partial charge in [-0.1, -0.05) is 37.9 Å². The van der Waals surface area contributed by atoms with Gasteiger partial charge in [0.15, 0.2) is 0 Å². The minimum Gasteiger partial charge on any atom is -0.494 e. The lowest BCUT2D eigenvalue weighted by atomic mass is 9.86. The summed E-state index contributed by atoms with van der Waals surface area (Å²) in [5.74, 6) is 0.897. The second kappa shape index (κ2) is 8.66. The zero-order valence-electron chi connectivity index (χ0n) is 18.9. The first-order chi connectivity index (χ1) is 14.3. The van der Waals surface area contributed by atoms with Crippen LogP contribution in [0.3, 0.4) is 0 Å². The van der Waals surface area contributed by atoms with Crippen LogP contribution in [0.5, 0.6) is 5.75 Å². The topological polar surface area (TPSA) is 24.5 Å². The Bertz CT molecular complexity index is 1060. The Morgan fingerprint density at radius 3 is 2.40 bits per heavy atom. The van der Waals surface area contributed by atoms with E-state index in [1.165, 1.54) is 11.1 Å². The van der Waals surface area contributed by atoms with E-state index in [9.17, 15) is 0 Å². The Labute approximate surface area is 181 Å². The van der Waals surface area contributed by atoms with Gasteiger partial charge >= 0.3 is 0 Å². The molecule has 0 aromatic heterocycles. The summed E-state index contributed by atoms with van der Waals surface area (Å²) < 4.78 is 5.85. The molecule has 1 N–H and O–H groups in total. The molecular formula is C27H32N2O. The van der Waals surface area contributed by atoms with E-state index in [1.54, 1.807) is 0 Å². The maximum Gasteiger partial charge on any atom is 0.124 e. The first kappa shape index (κ1) is 21.5. The molecule has 1 aliphatic rings. The molecule has 0 unspecified atom stereocenters. The lowest BCUT2D eigenvalue weighted by Crippen LogP contribution is -2.27. The van der Waals surface area contributed by atoms with Crippen LogP contribution in [0.4, 0.5) is 5.69 Å². The SMILES string of the molecule is C=C(CN1C=C(C(=C)c2ccc(C)c(C)c2)C(=C)c2cc(C)c(OCC)cc21)NC. The molecule has 3 rings (SSSR count). The van der Waals surface area contributed by atoms with Gasteiger partial charge in [0, 0.05) is 36.1 Å². The van der Waals surface area contributed by atoms with Crippen molar-refractivity contribution in [1.82, 2.24) is 5.32 Å². The molecule has 0 amide bonds. The number of nitrogens with one attached hydrogen (secondary N) is 1. The molecule has 0 radical (unpaired) electrons. The highest BCUT2D eigenvalue weighted by molar-refractivity contribution is 6.02. The van der Waals surface area contributed by atoms with Crippen molar-refractivity contribution in [3.8, 4) is 5.75 Å². The normalized spacial score (nSPS) is 12.9. The molecule has 3 heteroatoms. The van der Waals surface area contributed by atoms with Gasteiger partial charge in [-0.2, -0.15) is 0 Å². The summed E-state index contributed by atoms with van der Waals surface area (Å²) in [5.41, 5.74) is 10.8. The molecule has 2 aromatic carbocycles. The van der Waals surface area contributed by atoms with Crippen LogP contribution in [0, 0.1) is 20.8 Å². The van der Waals surface area contributed by atoms with Crippen LogP contribution >= 0.6 is 0 Å². The van der Waals surface area contributed by atoms with Crippen LogP contribution in [0.1, 0.15) is 34.7 Å². The van der Waals surface area contributed by atoms with Crippen LogP contribution in [0.15, 0.2) is 67.5 Å². The largest absolute Gasteiger partial charge is 0.494 e. The van der Waals surface area contributed by atoms with Crippen molar-refractivity contribution in [1.29, 1.82) is 0 Å². The van der Waals surface area contributed by atoms with E-state index in [1.807, 2.05) is 14.0 Å². The third-order valence-corrected chi connectivity index (χ3v) is 5.73. The monoisotopic (exact) mass is 400 g/mol. The summed E-state index contributed by atoms with van der Waals surface area (Å²) in [6.45, 7) is 22.6. The molecule has 156 valence electrons. The number of nitrogens with zero attached hydrogens (tertiary/aromatic N) is 1. The number of benzene rings is 2. The molecule has 3 nitrogen and oxygen atoms in total. The van der Waals surface area contributed by atoms with Crippen LogP contribution < -0.4 is 15.0 Å². The summed E-state index contributed by atoms with van der Waals surface area (Å²) in [7, 11) is 1.89. The number of allylic oxidation sites excluding steroid dienone is 3. The standard InChI is InChI=1S/C27H32N2O/c1-9-30-27-14-26-24(13-19(27)4)22(7)25(16-29(26)15-20(5)28-8)21(6)23-11-10-17(2)18(3)12-23/h10-14,16,28H,5-7,9,15H2,1-4,8H3. The number of rotatable bonds is 7. The summed E-state index contributed by atoms with van der Waals surface area (Å²) in [5, 5.41) is 3.15. The second-order valence-corrected chi connectivity index (χ2v) is 7.85. The van der Waals surface area contributed by atoms with E-state index in [0.717, 1.165) is 50.5 Å². The van der Waals surface area contributed by atoms with Crippen LogP contribution in [-0.4, -0.2) is 20.2 Å². The molecule has 0 spiro atoms. The average molecular weight is 401 g/mol. The van der Waals surface area contributed by atoms with Crippen LogP contribution in [0.25, 0.3) is 11.1 Å². The van der Waals surface area contributed by atoms with Gasteiger partial charge in [0.2, 0.25) is 0 Å². The van der Waals surface area contributed by atoms with Gasteiger partial charge in [0.05, 0.1) is 18.8 Å². The van der Waals surface area contributed by atoms with Gasteiger partial charge in [0.25, 0.3) is 0 Å². The van der Waals surface area contributed by atoms with Crippen molar-refractivity contribution in [3.05, 3.63) is 95.4 Å². The second-order valence-electron chi connectivity index (χ2n) is 7.85. The number of anilines is 1. The van der Waals surface area contributed by atoms with E-state index >= 15 is 0 Å². The van der Waals surface area contributed by atoms with Crippen molar-refractivity contribution in [2.24, 2.45) is 0 Å². The fourth-order valence-electron chi connectivity index (χ4n) is 3.68. The summed E-state index contributed by atoms with van der Waals surface area (Å²) in [6.07, 6.45) is 2.13. The number of aryl methyl sites for hydroxylation is 3. The Balaban J connectivity index is 2.11. The van der Waals surface area contributed by atoms with E-state index in [2.05, 4.69) is 87.3 Å². The Kier molecular flexibility index (Phi) is 6.21. The maximum absolute atomic E-state index is 5.85. The Morgan fingerprint density at radius 2 is 1.77 bits per heavy atom. The predicted molar refractivity (Wildman–Crippen MR) is 130 cm³/mol. The lowest BCUT2D eigenvalue weighted by molar-refractivity contribution is 0.338. The lowest BCUT2D eigenvalue weighted by Gasteiger charge is -2.33. The maximum atomic E-state index is 5.85. The Morgan fingerprint density at radius 1 is 1.03 bits per heavy atom. The number of ether oxygens (including phenoxy) is 1. The Hall–Kier alpha value is -3.20. The highest BCUT2D eigenvalue weighted by Crippen LogP contribution is 2.44. The van der Waals surface area contributed by atoms with Gasteiger partial charge in [-0.15, -0.1) is 0 Å². The molecule has 30 heavy (non-hydrogen) atoms. The highest BCUT2D eigenvalue weighted by Gasteiger charge is 2.25. The fourth-order valence-corrected chi connectivity index (χ4v) is 3.68. The van der Waals surface area contributed by atoms with Gasteiger partial charge in [-0.25, -0.2) is 0 Å². The van der Waals surface area contributed by atoms with Crippen LogP contribution in [0.2, 0.25) is 0 Å². The van der Waals surface area contributed by atoms with Gasteiger partial charge in [-0.05, 0) is 67.2 Å². The smallest absolute Gasteiger partial charge is 0.124 e. The third kappa shape index (κ3) is 4.06. The van der Waals surface area contributed by atoms with E-state index < -0.39 is 0 Å².